The first-order valence-electron chi connectivity index (χ1n) is 12.5. The van der Waals surface area contributed by atoms with E-state index in [1.165, 1.54) is 28.8 Å². The lowest BCUT2D eigenvalue weighted by Crippen LogP contribution is -2.46. The van der Waals surface area contributed by atoms with Gasteiger partial charge >= 0.3 is 0 Å². The number of aromatic hydroxyl groups is 1. The number of phenols is 1. The Morgan fingerprint density at radius 3 is 2.21 bits per heavy atom. The minimum atomic E-state index is 0. The van der Waals surface area contributed by atoms with E-state index in [4.69, 9.17) is 19.2 Å². The first-order valence-corrected chi connectivity index (χ1v) is 12.5. The Balaban J connectivity index is 0.00000180. The molecule has 10 nitrogen and oxygen atoms in total. The van der Waals surface area contributed by atoms with Gasteiger partial charge in [-0.15, -0.1) is 0 Å². The molecule has 3 unspecified atom stereocenters. The normalized spacial score (nSPS) is 21.4. The molecule has 2 aromatic carbocycles. The molecule has 0 spiro atoms. The smallest absolute Gasteiger partial charge is 0.161 e. The summed E-state index contributed by atoms with van der Waals surface area (Å²) in [5.41, 5.74) is 6.26. The second kappa shape index (κ2) is 13.8. The number of aliphatic imine (C=N–C) groups is 1. The van der Waals surface area contributed by atoms with Crippen LogP contribution in [0.15, 0.2) is 29.3 Å². The highest BCUT2D eigenvalue weighted by Gasteiger charge is 2.39. The van der Waals surface area contributed by atoms with Crippen molar-refractivity contribution in [3.63, 3.8) is 0 Å². The molecule has 214 valence electrons. The van der Waals surface area contributed by atoms with Gasteiger partial charge in [-0.3, -0.25) is 9.89 Å². The molecular formula is C28H44N2O8. The predicted molar refractivity (Wildman–Crippen MR) is 148 cm³/mol. The molecule has 3 atom stereocenters. The molecule has 1 saturated heterocycles. The van der Waals surface area contributed by atoms with E-state index in [0.717, 1.165) is 62.4 Å². The Kier molecular flexibility index (Phi) is 12.0. The first kappa shape index (κ1) is 33.1. The summed E-state index contributed by atoms with van der Waals surface area (Å²) in [7, 11) is 5.03. The van der Waals surface area contributed by atoms with E-state index in [1.807, 2.05) is 12.1 Å². The maximum Gasteiger partial charge on any atom is 0.161 e. The molecule has 3 heterocycles. The third-order valence-electron chi connectivity index (χ3n) is 8.15. The van der Waals surface area contributed by atoms with Gasteiger partial charge in [0.2, 0.25) is 0 Å². The largest absolute Gasteiger partial charge is 0.504 e. The van der Waals surface area contributed by atoms with Gasteiger partial charge < -0.3 is 41.2 Å². The summed E-state index contributed by atoms with van der Waals surface area (Å²) in [5, 5.41) is 10.3. The fourth-order valence-electron chi connectivity index (χ4n) is 6.29. The fraction of sp³-hybridized carbons (Fsp3) is 0.536. The van der Waals surface area contributed by atoms with Gasteiger partial charge in [0.25, 0.3) is 0 Å². The van der Waals surface area contributed by atoms with Crippen molar-refractivity contribution < 1.29 is 41.2 Å². The van der Waals surface area contributed by atoms with Crippen molar-refractivity contribution in [3.8, 4) is 23.0 Å². The highest BCUT2D eigenvalue weighted by Crippen LogP contribution is 2.46. The van der Waals surface area contributed by atoms with Crippen LogP contribution in [0.1, 0.15) is 54.5 Å². The van der Waals surface area contributed by atoms with Gasteiger partial charge in [-0.2, -0.15) is 0 Å². The van der Waals surface area contributed by atoms with Gasteiger partial charge in [-0.25, -0.2) is 0 Å². The van der Waals surface area contributed by atoms with Gasteiger partial charge in [0, 0.05) is 37.0 Å². The van der Waals surface area contributed by atoms with Crippen LogP contribution in [0.3, 0.4) is 0 Å². The topological polar surface area (TPSA) is 190 Å². The van der Waals surface area contributed by atoms with Gasteiger partial charge in [-0.1, -0.05) is 13.3 Å². The number of phenolic OH excluding ortho intramolecular Hbond substituents is 1. The molecule has 38 heavy (non-hydrogen) atoms. The van der Waals surface area contributed by atoms with E-state index in [1.54, 1.807) is 21.3 Å². The average Bonchev–Trinajstić information content (AvgIpc) is 2.87. The Labute approximate surface area is 224 Å². The molecular weight excluding hydrogens is 492 g/mol. The average molecular weight is 537 g/mol. The minimum Gasteiger partial charge on any atom is -0.504 e. The Hall–Kier alpha value is -2.89. The molecule has 9 N–H and O–H groups in total. The lowest BCUT2D eigenvalue weighted by molar-refractivity contribution is 0.0546. The molecule has 3 aliphatic rings. The van der Waals surface area contributed by atoms with Crippen LogP contribution in [0.4, 0.5) is 0 Å². The summed E-state index contributed by atoms with van der Waals surface area (Å²) in [6, 6.07) is 8.61. The molecule has 0 saturated carbocycles. The van der Waals surface area contributed by atoms with E-state index >= 15 is 0 Å². The standard InChI is InChI=1S/C28H36N2O4.4H2O/c1-5-17-16-30-9-7-19-13-27(33-3)28(34-4)15-22(19)24(30)11-20(17)10-23-21-14-26(32-2)25(31)12-18(21)6-8-29-23;;;;/h12-15,17,20,24,31H,5-11,16H2,1-4H3;4*1H2. The first-order chi connectivity index (χ1) is 16.6. The molecule has 0 amide bonds. The predicted octanol–water partition coefficient (Wildman–Crippen LogP) is 1.50. The summed E-state index contributed by atoms with van der Waals surface area (Å²) in [5.74, 6) is 3.57. The highest BCUT2D eigenvalue weighted by molar-refractivity contribution is 6.03. The molecule has 10 heteroatoms. The van der Waals surface area contributed by atoms with Crippen molar-refractivity contribution in [3.05, 3.63) is 46.5 Å². The number of ether oxygens (including phenoxy) is 3. The quantitative estimate of drug-likeness (QED) is 0.584. The number of benzene rings is 2. The van der Waals surface area contributed by atoms with Crippen molar-refractivity contribution in [1.82, 2.24) is 4.90 Å². The zero-order valence-corrected chi connectivity index (χ0v) is 22.8. The van der Waals surface area contributed by atoms with Crippen LogP contribution in [0.5, 0.6) is 23.0 Å². The third kappa shape index (κ3) is 5.89. The van der Waals surface area contributed by atoms with Crippen molar-refractivity contribution in [1.29, 1.82) is 0 Å². The zero-order valence-electron chi connectivity index (χ0n) is 22.8. The Bertz CT molecular complexity index is 1110. The molecule has 2 aromatic rings. The van der Waals surface area contributed by atoms with Crippen molar-refractivity contribution in [2.45, 2.75) is 45.1 Å². The van der Waals surface area contributed by atoms with Crippen molar-refractivity contribution in [2.24, 2.45) is 16.8 Å². The number of rotatable bonds is 6. The number of piperidine rings is 1. The monoisotopic (exact) mass is 536 g/mol. The second-order valence-corrected chi connectivity index (χ2v) is 9.79. The van der Waals surface area contributed by atoms with Gasteiger partial charge in [-0.05, 0) is 78.5 Å². The van der Waals surface area contributed by atoms with E-state index in [0.29, 0.717) is 23.6 Å². The Morgan fingerprint density at radius 1 is 0.868 bits per heavy atom. The van der Waals surface area contributed by atoms with E-state index < -0.39 is 0 Å². The third-order valence-corrected chi connectivity index (χ3v) is 8.15. The van der Waals surface area contributed by atoms with E-state index in [9.17, 15) is 5.11 Å². The second-order valence-electron chi connectivity index (χ2n) is 9.79. The molecule has 3 aliphatic heterocycles. The lowest BCUT2D eigenvalue weighted by Gasteiger charge is -2.47. The number of hydrogen-bond donors (Lipinski definition) is 1. The van der Waals surface area contributed by atoms with Crippen LogP contribution in [0, 0.1) is 11.8 Å². The van der Waals surface area contributed by atoms with Crippen LogP contribution >= 0.6 is 0 Å². The maximum atomic E-state index is 10.3. The molecule has 1 fully saturated rings. The van der Waals surface area contributed by atoms with Gasteiger partial charge in [0.15, 0.2) is 23.0 Å². The van der Waals surface area contributed by atoms with Crippen LogP contribution < -0.4 is 14.2 Å². The number of fused-ring (bicyclic) bond motifs is 4. The summed E-state index contributed by atoms with van der Waals surface area (Å²) in [4.78, 5) is 7.64. The number of hydrogen-bond acceptors (Lipinski definition) is 6. The number of methoxy groups -OCH3 is 3. The highest BCUT2D eigenvalue weighted by atomic mass is 16.5. The van der Waals surface area contributed by atoms with Crippen molar-refractivity contribution in [2.75, 3.05) is 41.0 Å². The molecule has 5 rings (SSSR count). The van der Waals surface area contributed by atoms with Crippen LogP contribution in [-0.4, -0.2) is 78.6 Å². The molecule has 0 aromatic heterocycles. The SMILES string of the molecule is CCC1CN2CCc3cc(OC)c(OC)cc3C2CC1CC1=NCCc2cc(O)c(OC)cc21.O.O.O.O. The lowest BCUT2D eigenvalue weighted by atomic mass is 9.73. The minimum absolute atomic E-state index is 0. The summed E-state index contributed by atoms with van der Waals surface area (Å²) >= 11 is 0. The maximum absolute atomic E-state index is 10.3. The van der Waals surface area contributed by atoms with Gasteiger partial charge in [0.05, 0.1) is 21.3 Å². The Morgan fingerprint density at radius 2 is 1.55 bits per heavy atom. The molecule has 0 radical (unpaired) electrons. The van der Waals surface area contributed by atoms with Crippen LogP contribution in [-0.2, 0) is 12.8 Å². The fourth-order valence-corrected chi connectivity index (χ4v) is 6.29. The summed E-state index contributed by atoms with van der Waals surface area (Å²) in [6.45, 7) is 5.32. The van der Waals surface area contributed by atoms with E-state index in [-0.39, 0.29) is 27.7 Å². The van der Waals surface area contributed by atoms with Crippen LogP contribution in [0.2, 0.25) is 0 Å². The summed E-state index contributed by atoms with van der Waals surface area (Å²) in [6.07, 6.45) is 5.17. The van der Waals surface area contributed by atoms with Crippen molar-refractivity contribution >= 4 is 5.71 Å². The molecule has 0 bridgehead atoms. The summed E-state index contributed by atoms with van der Waals surface area (Å²) < 4.78 is 16.6. The molecule has 0 aliphatic carbocycles. The van der Waals surface area contributed by atoms with Crippen LogP contribution in [0.25, 0.3) is 0 Å². The zero-order chi connectivity index (χ0) is 23.8. The number of nitrogens with zero attached hydrogens (tertiary/aromatic N) is 2. The van der Waals surface area contributed by atoms with E-state index in [2.05, 4.69) is 24.0 Å². The van der Waals surface area contributed by atoms with Gasteiger partial charge in [0.1, 0.15) is 0 Å².